The number of ketones is 2. The molecule has 4 atom stereocenters. The fourth-order valence-electron chi connectivity index (χ4n) is 5.63. The summed E-state index contributed by atoms with van der Waals surface area (Å²) in [5, 5.41) is 11.9. The van der Waals surface area contributed by atoms with Crippen molar-refractivity contribution in [3.63, 3.8) is 0 Å². The summed E-state index contributed by atoms with van der Waals surface area (Å²) in [5.74, 6) is -0.622. The Bertz CT molecular complexity index is 878. The lowest BCUT2D eigenvalue weighted by molar-refractivity contribution is -0.147. The molecule has 2 aliphatic carbocycles. The van der Waals surface area contributed by atoms with Gasteiger partial charge in [-0.15, -0.1) is 0 Å². The number of hydrogen-bond donors (Lipinski definition) is 1. The molecule has 4 rings (SSSR count). The number of aliphatic hydroxyl groups is 1. The largest absolute Gasteiger partial charge is 0.497 e. The molecule has 0 radical (unpaired) electrons. The van der Waals surface area contributed by atoms with Crippen molar-refractivity contribution in [1.82, 2.24) is 0 Å². The van der Waals surface area contributed by atoms with Gasteiger partial charge >= 0.3 is 7.12 Å². The third-order valence-corrected chi connectivity index (χ3v) is 8.50. The molecule has 168 valence electrons. The van der Waals surface area contributed by atoms with Gasteiger partial charge in [0.15, 0.2) is 5.78 Å². The maximum atomic E-state index is 13.9. The first kappa shape index (κ1) is 22.5. The van der Waals surface area contributed by atoms with E-state index in [1.165, 1.54) is 0 Å². The highest BCUT2D eigenvalue weighted by Gasteiger charge is 2.69. The Balaban J connectivity index is 1.76. The van der Waals surface area contributed by atoms with Crippen molar-refractivity contribution in [2.75, 3.05) is 7.11 Å². The maximum absolute atomic E-state index is 13.9. The van der Waals surface area contributed by atoms with Crippen LogP contribution in [-0.2, 0) is 14.1 Å². The molecule has 31 heavy (non-hydrogen) atoms. The topological polar surface area (TPSA) is 82.1 Å². The van der Waals surface area contributed by atoms with Crippen LogP contribution in [0.4, 0.5) is 0 Å². The maximum Gasteiger partial charge on any atom is 0.462 e. The lowest BCUT2D eigenvalue weighted by Crippen LogP contribution is -2.59. The fraction of sp³-hybridized carbons (Fsp3) is 0.667. The number of ether oxygens (including phenoxy) is 1. The molecule has 3 aliphatic rings. The molecule has 0 spiro atoms. The molecule has 0 unspecified atom stereocenters. The first-order chi connectivity index (χ1) is 14.4. The van der Waals surface area contributed by atoms with E-state index in [9.17, 15) is 14.7 Å². The smallest absolute Gasteiger partial charge is 0.462 e. The Morgan fingerprint density at radius 1 is 1.06 bits per heavy atom. The van der Waals surface area contributed by atoms with Crippen LogP contribution in [0.25, 0.3) is 0 Å². The minimum Gasteiger partial charge on any atom is -0.497 e. The van der Waals surface area contributed by atoms with Crippen LogP contribution in [0.5, 0.6) is 5.75 Å². The Morgan fingerprint density at radius 2 is 1.65 bits per heavy atom. The normalized spacial score (nSPS) is 36.4. The van der Waals surface area contributed by atoms with Crippen LogP contribution in [0, 0.1) is 11.3 Å². The second-order valence-corrected chi connectivity index (χ2v) is 10.6. The summed E-state index contributed by atoms with van der Waals surface area (Å²) in [5.41, 5.74) is -2.95. The summed E-state index contributed by atoms with van der Waals surface area (Å²) in [4.78, 5) is 26.7. The molecule has 3 fully saturated rings. The molecule has 7 heteroatoms. The monoisotopic (exact) mass is 428 g/mol. The quantitative estimate of drug-likeness (QED) is 0.580. The average Bonchev–Trinajstić information content (AvgIpc) is 3.08. The van der Waals surface area contributed by atoms with Crippen LogP contribution in [0.3, 0.4) is 0 Å². The summed E-state index contributed by atoms with van der Waals surface area (Å²) in [6.07, 6.45) is 1.66. The molecule has 0 aromatic heterocycles. The average molecular weight is 428 g/mol. The van der Waals surface area contributed by atoms with Gasteiger partial charge < -0.3 is 19.2 Å². The Labute approximate surface area is 184 Å². The van der Waals surface area contributed by atoms with E-state index in [4.69, 9.17) is 14.0 Å². The zero-order valence-corrected chi connectivity index (χ0v) is 19.4. The number of carbonyl (C=O) groups is 2. The van der Waals surface area contributed by atoms with Crippen LogP contribution in [-0.4, -0.2) is 47.7 Å². The van der Waals surface area contributed by atoms with Gasteiger partial charge in [0.2, 0.25) is 0 Å². The van der Waals surface area contributed by atoms with E-state index in [2.05, 4.69) is 0 Å². The third kappa shape index (κ3) is 3.19. The van der Waals surface area contributed by atoms with Gasteiger partial charge in [0.05, 0.1) is 35.2 Å². The van der Waals surface area contributed by atoms with E-state index in [1.807, 2.05) is 34.6 Å². The van der Waals surface area contributed by atoms with Crippen molar-refractivity contribution in [2.45, 2.75) is 82.9 Å². The van der Waals surface area contributed by atoms with Crippen molar-refractivity contribution < 1.29 is 28.7 Å². The van der Waals surface area contributed by atoms with E-state index < -0.39 is 35.3 Å². The molecule has 0 amide bonds. The van der Waals surface area contributed by atoms with Crippen LogP contribution in [0.1, 0.15) is 70.7 Å². The number of rotatable bonds is 4. The second-order valence-electron chi connectivity index (χ2n) is 10.6. The number of carbonyl (C=O) groups excluding carboxylic acids is 2. The summed E-state index contributed by atoms with van der Waals surface area (Å²) >= 11 is 0. The summed E-state index contributed by atoms with van der Waals surface area (Å²) < 4.78 is 17.9. The van der Waals surface area contributed by atoms with Crippen molar-refractivity contribution in [3.8, 4) is 5.75 Å². The standard InChI is InChI=1S/C24H33BO6/c1-21(2)22(3,4)31-25(30-21)17-11-13-23(5)18(26)12-14-24(23,28)19(17)20(27)15-7-9-16(29-6)10-8-15/h7-10,17,19,28H,11-14H2,1-6H3/t17-,19-,23-,24+/m1/s1. The Morgan fingerprint density at radius 3 is 2.19 bits per heavy atom. The van der Waals surface area contributed by atoms with Crippen LogP contribution in [0.2, 0.25) is 5.82 Å². The van der Waals surface area contributed by atoms with E-state index in [0.717, 1.165) is 0 Å². The molecule has 0 bridgehead atoms. The number of hydrogen-bond acceptors (Lipinski definition) is 6. The molecule has 1 saturated heterocycles. The first-order valence-electron chi connectivity index (χ1n) is 11.2. The number of methoxy groups -OCH3 is 1. The van der Waals surface area contributed by atoms with E-state index in [-0.39, 0.29) is 30.2 Å². The van der Waals surface area contributed by atoms with E-state index in [1.54, 1.807) is 31.4 Å². The Hall–Kier alpha value is -1.70. The number of benzene rings is 1. The van der Waals surface area contributed by atoms with Gasteiger partial charge in [-0.3, -0.25) is 9.59 Å². The zero-order chi connectivity index (χ0) is 22.8. The first-order valence-corrected chi connectivity index (χ1v) is 11.2. The second kappa shape index (κ2) is 7.16. The third-order valence-electron chi connectivity index (χ3n) is 8.50. The van der Waals surface area contributed by atoms with Crippen molar-refractivity contribution in [3.05, 3.63) is 29.8 Å². The highest BCUT2D eigenvalue weighted by Crippen LogP contribution is 2.61. The number of Topliss-reactive ketones (excluding diaryl/α,β-unsaturated/α-hetero) is 2. The van der Waals surface area contributed by atoms with Crippen molar-refractivity contribution in [2.24, 2.45) is 11.3 Å². The summed E-state index contributed by atoms with van der Waals surface area (Å²) in [7, 11) is 0.950. The molecule has 1 aromatic rings. The van der Waals surface area contributed by atoms with E-state index in [0.29, 0.717) is 24.2 Å². The van der Waals surface area contributed by atoms with Gasteiger partial charge in [-0.2, -0.15) is 0 Å². The zero-order valence-electron chi connectivity index (χ0n) is 19.4. The SMILES string of the molecule is COc1ccc(C(=O)[C@H]2[C@H](B3OC(C)(C)C(C)(C)O3)CC[C@]3(C)C(=O)CC[C@]23O)cc1. The molecule has 1 aliphatic heterocycles. The van der Waals surface area contributed by atoms with Gasteiger partial charge in [0.25, 0.3) is 0 Å². The van der Waals surface area contributed by atoms with Gasteiger partial charge in [0, 0.05) is 17.8 Å². The Kier molecular flexibility index (Phi) is 5.19. The number of fused-ring (bicyclic) bond motifs is 1. The van der Waals surface area contributed by atoms with Gasteiger partial charge in [-0.1, -0.05) is 6.42 Å². The fourth-order valence-corrected chi connectivity index (χ4v) is 5.63. The molecule has 2 saturated carbocycles. The summed E-state index contributed by atoms with van der Waals surface area (Å²) in [6.45, 7) is 9.74. The minimum atomic E-state index is -1.42. The van der Waals surface area contributed by atoms with Crippen LogP contribution in [0.15, 0.2) is 24.3 Å². The molecule has 1 aromatic carbocycles. The minimum absolute atomic E-state index is 0.0369. The van der Waals surface area contributed by atoms with Gasteiger partial charge in [-0.25, -0.2) is 0 Å². The molecule has 6 nitrogen and oxygen atoms in total. The predicted octanol–water partition coefficient (Wildman–Crippen LogP) is 3.85. The van der Waals surface area contributed by atoms with Gasteiger partial charge in [0.1, 0.15) is 11.5 Å². The lowest BCUT2D eigenvalue weighted by Gasteiger charge is -2.51. The molecular weight excluding hydrogens is 395 g/mol. The molecule has 1 heterocycles. The highest BCUT2D eigenvalue weighted by molar-refractivity contribution is 6.48. The molecular formula is C24H33BO6. The van der Waals surface area contributed by atoms with Crippen LogP contribution < -0.4 is 4.74 Å². The van der Waals surface area contributed by atoms with Crippen molar-refractivity contribution >= 4 is 18.7 Å². The van der Waals surface area contributed by atoms with Gasteiger partial charge in [-0.05, 0) is 71.7 Å². The lowest BCUT2D eigenvalue weighted by atomic mass is 9.47. The summed E-state index contributed by atoms with van der Waals surface area (Å²) in [6, 6.07) is 6.91. The van der Waals surface area contributed by atoms with Crippen LogP contribution >= 0.6 is 0 Å². The predicted molar refractivity (Wildman–Crippen MR) is 117 cm³/mol. The van der Waals surface area contributed by atoms with E-state index >= 15 is 0 Å². The molecule has 1 N–H and O–H groups in total. The van der Waals surface area contributed by atoms with Crippen molar-refractivity contribution in [1.29, 1.82) is 0 Å². The highest BCUT2D eigenvalue weighted by atomic mass is 16.7.